The average molecular weight is 238 g/mol. The van der Waals surface area contributed by atoms with Gasteiger partial charge in [-0.05, 0) is 39.2 Å². The molecule has 0 saturated carbocycles. The summed E-state index contributed by atoms with van der Waals surface area (Å²) < 4.78 is 18.1. The molecule has 0 heterocycles. The van der Waals surface area contributed by atoms with Gasteiger partial charge >= 0.3 is 0 Å². The number of halogens is 1. The van der Waals surface area contributed by atoms with Crippen LogP contribution < -0.4 is 9.96 Å². The van der Waals surface area contributed by atoms with Gasteiger partial charge in [-0.15, -0.1) is 0 Å². The number of alkyl halides is 1. The van der Waals surface area contributed by atoms with Gasteiger partial charge in [0.15, 0.2) is 0 Å². The third kappa shape index (κ3) is 6.66. The molecule has 0 bridgehead atoms. The Hall–Kier alpha value is 0.244. The van der Waals surface area contributed by atoms with E-state index in [1.165, 1.54) is 0 Å². The summed E-state index contributed by atoms with van der Waals surface area (Å²) in [7, 11) is -3.83. The number of rotatable bonds is 7. The van der Waals surface area contributed by atoms with Crippen molar-refractivity contribution in [3.63, 3.8) is 0 Å². The van der Waals surface area contributed by atoms with Crippen molar-refractivity contribution in [1.29, 1.82) is 0 Å². The highest BCUT2D eigenvalue weighted by molar-refractivity contribution is 6.82. The Bertz CT molecular complexity index is 167. The van der Waals surface area contributed by atoms with Crippen LogP contribution in [0.5, 0.6) is 0 Å². The van der Waals surface area contributed by atoms with E-state index in [2.05, 4.69) is 30.0 Å². The second-order valence-electron chi connectivity index (χ2n) is 4.36. The molecule has 0 aliphatic carbocycles. The molecule has 0 aliphatic heterocycles. The van der Waals surface area contributed by atoms with E-state index in [1.807, 2.05) is 13.1 Å². The van der Waals surface area contributed by atoms with Gasteiger partial charge in [-0.25, -0.2) is 4.39 Å². The van der Waals surface area contributed by atoms with E-state index in [-0.39, 0.29) is 0 Å². The third-order valence-electron chi connectivity index (χ3n) is 1.80. The van der Waals surface area contributed by atoms with E-state index in [1.54, 1.807) is 0 Å². The molecule has 0 fully saturated rings. The van der Waals surface area contributed by atoms with Crippen molar-refractivity contribution >= 4 is 17.0 Å². The molecule has 0 rings (SSSR count). The van der Waals surface area contributed by atoms with Gasteiger partial charge in [-0.3, -0.25) is 4.98 Å². The van der Waals surface area contributed by atoms with Crippen LogP contribution >= 0.6 is 0 Å². The maximum Gasteiger partial charge on any atom is 0.254 e. The summed E-state index contributed by atoms with van der Waals surface area (Å²) in [5.41, 5.74) is 0. The fourth-order valence-corrected chi connectivity index (χ4v) is 8.15. The smallest absolute Gasteiger partial charge is 0.254 e. The minimum absolute atomic E-state index is 0.502. The van der Waals surface area contributed by atoms with E-state index in [0.29, 0.717) is 0 Å². The van der Waals surface area contributed by atoms with Crippen LogP contribution in [-0.4, -0.2) is 30.3 Å². The lowest BCUT2D eigenvalue weighted by atomic mass is 10.5. The Morgan fingerprint density at radius 3 is 2.00 bits per heavy atom. The molecule has 0 radical (unpaired) electrons. The molecule has 0 saturated heterocycles. The van der Waals surface area contributed by atoms with Crippen molar-refractivity contribution in [2.45, 2.75) is 39.5 Å². The molecule has 14 heavy (non-hydrogen) atoms. The first kappa shape index (κ1) is 14.2. The van der Waals surface area contributed by atoms with E-state index in [9.17, 15) is 4.39 Å². The van der Waals surface area contributed by atoms with Crippen molar-refractivity contribution in [2.24, 2.45) is 0 Å². The first-order valence-corrected chi connectivity index (χ1v) is 10.9. The van der Waals surface area contributed by atoms with Gasteiger partial charge in [0.05, 0.1) is 0 Å². The van der Waals surface area contributed by atoms with E-state index in [4.69, 9.17) is 4.12 Å². The molecule has 0 aromatic rings. The lowest BCUT2D eigenvalue weighted by molar-refractivity contribution is 0.432. The Labute approximate surface area is 88.8 Å². The predicted molar refractivity (Wildman–Crippen MR) is 63.5 cm³/mol. The van der Waals surface area contributed by atoms with E-state index < -0.39 is 23.8 Å². The summed E-state index contributed by atoms with van der Waals surface area (Å²) in [4.78, 5) is 6.21. The topological polar surface area (TPSA) is 33.3 Å². The van der Waals surface area contributed by atoms with Gasteiger partial charge in [0.1, 0.15) is 6.80 Å². The standard InChI is InChI=1S/C8H23FN2OSi2/c1-6-7-10-13(2,3)12-14(4,5)11-8-9/h10-11H,6-8H2,1-5H3. The molecule has 0 aromatic carbocycles. The van der Waals surface area contributed by atoms with Crippen molar-refractivity contribution in [3.8, 4) is 0 Å². The summed E-state index contributed by atoms with van der Waals surface area (Å²) in [6, 6.07) is 0. The highest BCUT2D eigenvalue weighted by Gasteiger charge is 2.32. The molecule has 0 atom stereocenters. The SMILES string of the molecule is CCCN[Si](C)(C)O[Si](C)(C)NCF. The summed E-state index contributed by atoms with van der Waals surface area (Å²) in [6.07, 6.45) is 1.10. The van der Waals surface area contributed by atoms with Crippen molar-refractivity contribution in [1.82, 2.24) is 9.96 Å². The van der Waals surface area contributed by atoms with Crippen LogP contribution in [0.3, 0.4) is 0 Å². The van der Waals surface area contributed by atoms with Crippen LogP contribution in [-0.2, 0) is 4.12 Å². The largest absolute Gasteiger partial charge is 0.433 e. The van der Waals surface area contributed by atoms with Crippen LogP contribution in [0.15, 0.2) is 0 Å². The Balaban J connectivity index is 4.05. The maximum absolute atomic E-state index is 12.2. The van der Waals surface area contributed by atoms with Gasteiger partial charge < -0.3 is 9.10 Å². The van der Waals surface area contributed by atoms with Gasteiger partial charge in [0, 0.05) is 0 Å². The Morgan fingerprint density at radius 2 is 1.57 bits per heavy atom. The minimum Gasteiger partial charge on any atom is -0.433 e. The highest BCUT2D eigenvalue weighted by atomic mass is 28.4. The zero-order valence-corrected chi connectivity index (χ0v) is 11.9. The summed E-state index contributed by atoms with van der Waals surface area (Å²) >= 11 is 0. The molecular weight excluding hydrogens is 215 g/mol. The van der Waals surface area contributed by atoms with Crippen LogP contribution in [0.1, 0.15) is 13.3 Å². The first-order chi connectivity index (χ1) is 6.33. The second kappa shape index (κ2) is 5.97. The molecule has 0 unspecified atom stereocenters. The first-order valence-electron chi connectivity index (χ1n) is 5.09. The zero-order valence-electron chi connectivity index (χ0n) is 9.91. The molecule has 0 amide bonds. The molecule has 6 heteroatoms. The van der Waals surface area contributed by atoms with Crippen molar-refractivity contribution in [3.05, 3.63) is 0 Å². The monoisotopic (exact) mass is 238 g/mol. The maximum atomic E-state index is 12.2. The third-order valence-corrected chi connectivity index (χ3v) is 7.97. The van der Waals surface area contributed by atoms with Crippen molar-refractivity contribution < 1.29 is 8.51 Å². The number of nitrogens with one attached hydrogen (secondary N) is 2. The molecule has 3 nitrogen and oxygen atoms in total. The second-order valence-corrected chi connectivity index (χ2v) is 11.9. The average Bonchev–Trinajstić information content (AvgIpc) is 1.98. The summed E-state index contributed by atoms with van der Waals surface area (Å²) in [5, 5.41) is 0. The predicted octanol–water partition coefficient (Wildman–Crippen LogP) is 1.92. The van der Waals surface area contributed by atoms with Crippen LogP contribution in [0.4, 0.5) is 4.39 Å². The van der Waals surface area contributed by atoms with Gasteiger partial charge in [0.2, 0.25) is 0 Å². The number of hydrogen-bond donors (Lipinski definition) is 2. The quantitative estimate of drug-likeness (QED) is 0.525. The van der Waals surface area contributed by atoms with Crippen LogP contribution in [0, 0.1) is 0 Å². The fraction of sp³-hybridized carbons (Fsp3) is 1.00. The Kier molecular flexibility index (Phi) is 6.07. The van der Waals surface area contributed by atoms with Gasteiger partial charge in [-0.2, -0.15) is 0 Å². The van der Waals surface area contributed by atoms with E-state index >= 15 is 0 Å². The summed E-state index contributed by atoms with van der Waals surface area (Å²) in [6.45, 7) is 10.8. The fourth-order valence-electron chi connectivity index (χ4n) is 1.30. The lowest BCUT2D eigenvalue weighted by Crippen LogP contribution is -2.60. The molecule has 0 aliphatic rings. The van der Waals surface area contributed by atoms with Crippen molar-refractivity contribution in [2.75, 3.05) is 13.3 Å². The van der Waals surface area contributed by atoms with Gasteiger partial charge in [0.25, 0.3) is 17.0 Å². The van der Waals surface area contributed by atoms with E-state index in [0.717, 1.165) is 13.0 Å². The molecule has 0 spiro atoms. The molecule has 2 N–H and O–H groups in total. The minimum atomic E-state index is -2.01. The highest BCUT2D eigenvalue weighted by Crippen LogP contribution is 2.09. The van der Waals surface area contributed by atoms with Crippen LogP contribution in [0.2, 0.25) is 26.2 Å². The number of hydrogen-bond acceptors (Lipinski definition) is 3. The lowest BCUT2D eigenvalue weighted by Gasteiger charge is -2.33. The molecular formula is C8H23FN2OSi2. The zero-order chi connectivity index (χ0) is 11.2. The van der Waals surface area contributed by atoms with Crippen LogP contribution in [0.25, 0.3) is 0 Å². The normalized spacial score (nSPS) is 13.3. The molecule has 86 valence electrons. The summed E-state index contributed by atoms with van der Waals surface area (Å²) in [5.74, 6) is 0. The Morgan fingerprint density at radius 1 is 1.07 bits per heavy atom. The molecule has 0 aromatic heterocycles. The van der Waals surface area contributed by atoms with Gasteiger partial charge in [-0.1, -0.05) is 6.92 Å².